The third-order valence-corrected chi connectivity index (χ3v) is 2.60. The van der Waals surface area contributed by atoms with Crippen molar-refractivity contribution < 1.29 is 0 Å². The van der Waals surface area contributed by atoms with Crippen LogP contribution in [0, 0.1) is 0 Å². The van der Waals surface area contributed by atoms with Crippen LogP contribution in [-0.2, 0) is 0 Å². The van der Waals surface area contributed by atoms with Gasteiger partial charge in [-0.25, -0.2) is 4.98 Å². The van der Waals surface area contributed by atoms with E-state index in [1.807, 2.05) is 6.08 Å². The summed E-state index contributed by atoms with van der Waals surface area (Å²) in [5.74, 6) is 0. The van der Waals surface area contributed by atoms with Crippen molar-refractivity contribution in [1.82, 2.24) is 4.98 Å². The van der Waals surface area contributed by atoms with E-state index < -0.39 is 0 Å². The highest BCUT2D eigenvalue weighted by Crippen LogP contribution is 2.20. The third-order valence-electron chi connectivity index (χ3n) is 1.54. The Morgan fingerprint density at radius 1 is 1.83 bits per heavy atom. The highest BCUT2D eigenvalue weighted by molar-refractivity contribution is 7.16. The van der Waals surface area contributed by atoms with E-state index in [9.17, 15) is 0 Å². The molecule has 2 N–H and O–H groups in total. The average Bonchev–Trinajstić information content (AvgIpc) is 2.47. The molecular weight excluding hydrogens is 192 g/mol. The van der Waals surface area contributed by atoms with Crippen LogP contribution in [0.2, 0.25) is 4.34 Å². The van der Waals surface area contributed by atoms with Gasteiger partial charge in [-0.3, -0.25) is 0 Å². The Balaban J connectivity index is 2.78. The molecule has 0 saturated heterocycles. The first kappa shape index (κ1) is 9.71. The summed E-state index contributed by atoms with van der Waals surface area (Å²) in [6.07, 6.45) is 4.62. The molecule has 0 aromatic carbocycles. The quantitative estimate of drug-likeness (QED) is 0.818. The summed E-state index contributed by atoms with van der Waals surface area (Å²) in [6.45, 7) is 2.67. The fourth-order valence-corrected chi connectivity index (χ4v) is 1.74. The Kier molecular flexibility index (Phi) is 3.72. The predicted octanol–water partition coefficient (Wildman–Crippen LogP) is 2.55. The van der Waals surface area contributed by atoms with Crippen molar-refractivity contribution in [3.8, 4) is 0 Å². The number of nitrogens with two attached hydrogens (primary N) is 1. The maximum absolute atomic E-state index is 5.73. The molecule has 1 aromatic heterocycles. The minimum absolute atomic E-state index is 0.591. The van der Waals surface area contributed by atoms with E-state index >= 15 is 0 Å². The van der Waals surface area contributed by atoms with Gasteiger partial charge in [0.05, 0.1) is 6.20 Å². The molecule has 0 saturated carbocycles. The van der Waals surface area contributed by atoms with Crippen LogP contribution in [0.5, 0.6) is 0 Å². The average molecular weight is 203 g/mol. The maximum atomic E-state index is 5.73. The van der Waals surface area contributed by atoms with Crippen molar-refractivity contribution >= 4 is 29.0 Å². The highest BCUT2D eigenvalue weighted by Gasteiger charge is 1.97. The van der Waals surface area contributed by atoms with Crippen molar-refractivity contribution in [3.63, 3.8) is 0 Å². The molecule has 0 spiro atoms. The Morgan fingerprint density at radius 2 is 2.58 bits per heavy atom. The lowest BCUT2D eigenvalue weighted by Crippen LogP contribution is -2.01. The van der Waals surface area contributed by atoms with Gasteiger partial charge in [-0.2, -0.15) is 0 Å². The van der Waals surface area contributed by atoms with Crippen molar-refractivity contribution in [2.24, 2.45) is 5.73 Å². The van der Waals surface area contributed by atoms with Gasteiger partial charge in [0, 0.05) is 6.54 Å². The Hall–Kier alpha value is -0.380. The first-order valence-electron chi connectivity index (χ1n) is 3.77. The molecular formula is C8H11ClN2S. The van der Waals surface area contributed by atoms with Crippen molar-refractivity contribution in [1.29, 1.82) is 0 Å². The molecule has 1 rings (SSSR count). The molecule has 0 unspecified atom stereocenters. The first-order chi connectivity index (χ1) is 5.76. The van der Waals surface area contributed by atoms with E-state index in [2.05, 4.69) is 11.9 Å². The van der Waals surface area contributed by atoms with Gasteiger partial charge in [-0.05, 0) is 12.5 Å². The van der Waals surface area contributed by atoms with E-state index in [4.69, 9.17) is 17.3 Å². The van der Waals surface area contributed by atoms with E-state index in [0.29, 0.717) is 10.9 Å². The minimum Gasteiger partial charge on any atom is -0.327 e. The number of rotatable bonds is 3. The standard InChI is InChI=1S/C8H11ClN2S/c1-2-6(4-10)3-8-11-5-7(9)12-8/h3,5H,2,4,10H2,1H3/b6-3-. The minimum atomic E-state index is 0.591. The van der Waals surface area contributed by atoms with Gasteiger partial charge in [0.2, 0.25) is 0 Å². The lowest BCUT2D eigenvalue weighted by Gasteiger charge is -1.96. The third kappa shape index (κ3) is 2.59. The Morgan fingerprint density at radius 3 is 3.00 bits per heavy atom. The number of thiazole rings is 1. The monoisotopic (exact) mass is 202 g/mol. The van der Waals surface area contributed by atoms with E-state index in [1.54, 1.807) is 6.20 Å². The summed E-state index contributed by atoms with van der Waals surface area (Å²) in [6, 6.07) is 0. The van der Waals surface area contributed by atoms with Crippen LogP contribution in [0.25, 0.3) is 6.08 Å². The summed E-state index contributed by atoms with van der Waals surface area (Å²) in [5.41, 5.74) is 6.71. The number of halogens is 1. The summed E-state index contributed by atoms with van der Waals surface area (Å²) in [7, 11) is 0. The highest BCUT2D eigenvalue weighted by atomic mass is 35.5. The van der Waals surface area contributed by atoms with Crippen LogP contribution >= 0.6 is 22.9 Å². The second-order valence-corrected chi connectivity index (χ2v) is 4.06. The fraction of sp³-hybridized carbons (Fsp3) is 0.375. The molecule has 0 aliphatic rings. The molecule has 0 bridgehead atoms. The van der Waals surface area contributed by atoms with Gasteiger partial charge >= 0.3 is 0 Å². The number of nitrogens with zero attached hydrogens (tertiary/aromatic N) is 1. The molecule has 0 aliphatic heterocycles. The van der Waals surface area contributed by atoms with Crippen LogP contribution in [0.1, 0.15) is 18.4 Å². The molecule has 4 heteroatoms. The summed E-state index contributed by atoms with van der Waals surface area (Å²) < 4.78 is 0.716. The second-order valence-electron chi connectivity index (χ2n) is 2.36. The molecule has 1 aromatic rings. The zero-order valence-corrected chi connectivity index (χ0v) is 8.45. The van der Waals surface area contributed by atoms with E-state index in [0.717, 1.165) is 11.4 Å². The topological polar surface area (TPSA) is 38.9 Å². The van der Waals surface area contributed by atoms with Gasteiger partial charge in [-0.1, -0.05) is 24.1 Å². The largest absolute Gasteiger partial charge is 0.327 e. The summed E-state index contributed by atoms with van der Waals surface area (Å²) in [4.78, 5) is 4.11. The smallest absolute Gasteiger partial charge is 0.117 e. The first-order valence-corrected chi connectivity index (χ1v) is 4.96. The molecule has 2 nitrogen and oxygen atoms in total. The van der Waals surface area contributed by atoms with Crippen LogP contribution in [-0.4, -0.2) is 11.5 Å². The second kappa shape index (κ2) is 4.60. The summed E-state index contributed by atoms with van der Waals surface area (Å²) in [5, 5.41) is 0.933. The molecule has 66 valence electrons. The fourth-order valence-electron chi connectivity index (χ4n) is 0.814. The van der Waals surface area contributed by atoms with Crippen LogP contribution < -0.4 is 5.73 Å². The number of hydrogen-bond acceptors (Lipinski definition) is 3. The van der Waals surface area contributed by atoms with Crippen LogP contribution in [0.3, 0.4) is 0 Å². The SMILES string of the molecule is CC/C(=C/c1ncc(Cl)s1)CN. The van der Waals surface area contributed by atoms with Crippen molar-refractivity contribution in [2.75, 3.05) is 6.54 Å². The van der Waals surface area contributed by atoms with Crippen molar-refractivity contribution in [2.45, 2.75) is 13.3 Å². The van der Waals surface area contributed by atoms with Crippen LogP contribution in [0.4, 0.5) is 0 Å². The van der Waals surface area contributed by atoms with Crippen molar-refractivity contribution in [3.05, 3.63) is 21.1 Å². The van der Waals surface area contributed by atoms with Gasteiger partial charge < -0.3 is 5.73 Å². The normalized spacial score (nSPS) is 12.1. The molecule has 12 heavy (non-hydrogen) atoms. The Labute approximate surface area is 81.1 Å². The molecule has 0 radical (unpaired) electrons. The number of hydrogen-bond donors (Lipinski definition) is 1. The lowest BCUT2D eigenvalue weighted by molar-refractivity contribution is 1.02. The zero-order chi connectivity index (χ0) is 8.97. The maximum Gasteiger partial charge on any atom is 0.117 e. The van der Waals surface area contributed by atoms with E-state index in [-0.39, 0.29) is 0 Å². The Bertz CT molecular complexity index is 274. The summed E-state index contributed by atoms with van der Waals surface area (Å²) >= 11 is 7.19. The number of aromatic nitrogens is 1. The predicted molar refractivity (Wildman–Crippen MR) is 54.4 cm³/mol. The molecule has 0 amide bonds. The van der Waals surface area contributed by atoms with Crippen LogP contribution in [0.15, 0.2) is 11.8 Å². The molecule has 1 heterocycles. The molecule has 0 atom stereocenters. The van der Waals surface area contributed by atoms with E-state index in [1.165, 1.54) is 16.9 Å². The molecule has 0 fully saturated rings. The zero-order valence-electron chi connectivity index (χ0n) is 6.88. The lowest BCUT2D eigenvalue weighted by atomic mass is 10.2. The van der Waals surface area contributed by atoms with Gasteiger partial charge in [-0.15, -0.1) is 11.3 Å². The van der Waals surface area contributed by atoms with Gasteiger partial charge in [0.1, 0.15) is 9.34 Å². The van der Waals surface area contributed by atoms with Gasteiger partial charge in [0.25, 0.3) is 0 Å². The van der Waals surface area contributed by atoms with Gasteiger partial charge in [0.15, 0.2) is 0 Å². The molecule has 0 aliphatic carbocycles.